The molecular formula is C12H12FN3O. The minimum Gasteiger partial charge on any atom is -0.480 e. The second-order valence-corrected chi connectivity index (χ2v) is 3.53. The zero-order chi connectivity index (χ0) is 12.3. The average molecular weight is 233 g/mol. The normalized spacial score (nSPS) is 12.2. The van der Waals surface area contributed by atoms with Crippen molar-refractivity contribution < 1.29 is 9.13 Å². The molecule has 1 atom stereocenters. The Balaban J connectivity index is 2.23. The van der Waals surface area contributed by atoms with Gasteiger partial charge in [0.2, 0.25) is 5.88 Å². The fourth-order valence-corrected chi connectivity index (χ4v) is 1.45. The number of halogens is 1. The molecule has 0 saturated carbocycles. The molecule has 0 bridgehead atoms. The molecule has 4 nitrogen and oxygen atoms in total. The summed E-state index contributed by atoms with van der Waals surface area (Å²) >= 11 is 0. The molecule has 88 valence electrons. The lowest BCUT2D eigenvalue weighted by molar-refractivity contribution is 0.390. The number of methoxy groups -OCH3 is 1. The number of benzene rings is 1. The van der Waals surface area contributed by atoms with Crippen molar-refractivity contribution in [1.82, 2.24) is 10.2 Å². The maximum atomic E-state index is 12.8. The summed E-state index contributed by atoms with van der Waals surface area (Å²) in [6.07, 6.45) is 0. The van der Waals surface area contributed by atoms with Gasteiger partial charge in [0, 0.05) is 6.07 Å². The summed E-state index contributed by atoms with van der Waals surface area (Å²) in [5.74, 6) is 0.141. The van der Waals surface area contributed by atoms with Gasteiger partial charge in [-0.2, -0.15) is 0 Å². The molecule has 1 aromatic carbocycles. The van der Waals surface area contributed by atoms with Crippen LogP contribution in [0.4, 0.5) is 4.39 Å². The van der Waals surface area contributed by atoms with E-state index in [-0.39, 0.29) is 5.82 Å². The smallest absolute Gasteiger partial charge is 0.233 e. The van der Waals surface area contributed by atoms with Gasteiger partial charge in [-0.25, -0.2) is 4.39 Å². The third kappa shape index (κ3) is 2.57. The molecule has 1 heterocycles. The van der Waals surface area contributed by atoms with E-state index in [0.717, 1.165) is 5.56 Å². The van der Waals surface area contributed by atoms with Crippen LogP contribution in [0.2, 0.25) is 0 Å². The highest BCUT2D eigenvalue weighted by molar-refractivity contribution is 5.27. The highest BCUT2D eigenvalue weighted by Crippen LogP contribution is 2.18. The molecule has 0 spiro atoms. The van der Waals surface area contributed by atoms with Gasteiger partial charge in [-0.15, -0.1) is 10.2 Å². The second kappa shape index (κ2) is 4.88. The van der Waals surface area contributed by atoms with Gasteiger partial charge in [-0.05, 0) is 23.8 Å². The summed E-state index contributed by atoms with van der Waals surface area (Å²) in [7, 11) is 1.52. The summed E-state index contributed by atoms with van der Waals surface area (Å²) in [6, 6.07) is 9.00. The minimum atomic E-state index is -0.422. The highest BCUT2D eigenvalue weighted by Gasteiger charge is 2.11. The summed E-state index contributed by atoms with van der Waals surface area (Å²) in [5, 5.41) is 7.79. The first-order valence-corrected chi connectivity index (χ1v) is 5.09. The van der Waals surface area contributed by atoms with Crippen molar-refractivity contribution >= 4 is 0 Å². The second-order valence-electron chi connectivity index (χ2n) is 3.53. The number of hydrogen-bond acceptors (Lipinski definition) is 4. The Kier molecular flexibility index (Phi) is 3.30. The first kappa shape index (κ1) is 11.5. The van der Waals surface area contributed by atoms with E-state index in [1.807, 2.05) is 0 Å². The van der Waals surface area contributed by atoms with Crippen LogP contribution in [0.15, 0.2) is 36.4 Å². The van der Waals surface area contributed by atoms with E-state index < -0.39 is 6.04 Å². The summed E-state index contributed by atoms with van der Waals surface area (Å²) in [6.45, 7) is 0. The van der Waals surface area contributed by atoms with Crippen LogP contribution in [0, 0.1) is 5.82 Å². The quantitative estimate of drug-likeness (QED) is 0.876. The van der Waals surface area contributed by atoms with E-state index in [2.05, 4.69) is 10.2 Å². The summed E-state index contributed by atoms with van der Waals surface area (Å²) < 4.78 is 17.7. The van der Waals surface area contributed by atoms with Gasteiger partial charge in [0.1, 0.15) is 5.82 Å². The molecule has 0 amide bonds. The lowest BCUT2D eigenvalue weighted by atomic mass is 10.0. The average Bonchev–Trinajstić information content (AvgIpc) is 2.39. The molecule has 0 saturated heterocycles. The number of aromatic nitrogens is 2. The van der Waals surface area contributed by atoms with Crippen LogP contribution in [-0.2, 0) is 0 Å². The van der Waals surface area contributed by atoms with Crippen molar-refractivity contribution in [1.29, 1.82) is 0 Å². The van der Waals surface area contributed by atoms with E-state index in [4.69, 9.17) is 10.5 Å². The van der Waals surface area contributed by atoms with Crippen LogP contribution < -0.4 is 10.5 Å². The fourth-order valence-electron chi connectivity index (χ4n) is 1.45. The molecule has 2 aromatic rings. The van der Waals surface area contributed by atoms with E-state index in [0.29, 0.717) is 11.6 Å². The highest BCUT2D eigenvalue weighted by atomic mass is 19.1. The first-order valence-electron chi connectivity index (χ1n) is 5.09. The van der Waals surface area contributed by atoms with Gasteiger partial charge in [0.15, 0.2) is 0 Å². The van der Waals surface area contributed by atoms with E-state index in [9.17, 15) is 4.39 Å². The van der Waals surface area contributed by atoms with Crippen LogP contribution in [-0.4, -0.2) is 17.3 Å². The molecule has 0 aliphatic heterocycles. The number of nitrogens with two attached hydrogens (primary N) is 1. The minimum absolute atomic E-state index is 0.290. The summed E-state index contributed by atoms with van der Waals surface area (Å²) in [5.41, 5.74) is 7.38. The van der Waals surface area contributed by atoms with Crippen molar-refractivity contribution in [3.63, 3.8) is 0 Å². The molecule has 2 rings (SSSR count). The van der Waals surface area contributed by atoms with Gasteiger partial charge < -0.3 is 10.5 Å². The molecule has 0 aliphatic carbocycles. The maximum Gasteiger partial charge on any atom is 0.233 e. The standard InChI is InChI=1S/C12H12FN3O/c1-17-11-7-6-10(15-16-11)12(14)8-2-4-9(13)5-3-8/h2-7,12H,14H2,1H3. The first-order chi connectivity index (χ1) is 8.20. The van der Waals surface area contributed by atoms with Crippen LogP contribution in [0.25, 0.3) is 0 Å². The Morgan fingerprint density at radius 3 is 2.35 bits per heavy atom. The molecule has 1 aromatic heterocycles. The van der Waals surface area contributed by atoms with Crippen molar-refractivity contribution in [2.75, 3.05) is 7.11 Å². The molecule has 2 N–H and O–H groups in total. The van der Waals surface area contributed by atoms with Crippen molar-refractivity contribution in [3.05, 3.63) is 53.5 Å². The van der Waals surface area contributed by atoms with Gasteiger partial charge >= 0.3 is 0 Å². The third-order valence-electron chi connectivity index (χ3n) is 2.42. The van der Waals surface area contributed by atoms with E-state index in [1.165, 1.54) is 19.2 Å². The number of rotatable bonds is 3. The van der Waals surface area contributed by atoms with Crippen molar-refractivity contribution in [2.24, 2.45) is 5.73 Å². The maximum absolute atomic E-state index is 12.8. The van der Waals surface area contributed by atoms with Gasteiger partial charge in [0.25, 0.3) is 0 Å². The Bertz CT molecular complexity index is 484. The van der Waals surface area contributed by atoms with Crippen LogP contribution >= 0.6 is 0 Å². The molecule has 1 unspecified atom stereocenters. The number of hydrogen-bond donors (Lipinski definition) is 1. The Hall–Kier alpha value is -2.01. The predicted molar refractivity (Wildman–Crippen MR) is 61.0 cm³/mol. The topological polar surface area (TPSA) is 61.0 Å². The molecule has 0 radical (unpaired) electrons. The van der Waals surface area contributed by atoms with Gasteiger partial charge in [0.05, 0.1) is 18.8 Å². The van der Waals surface area contributed by atoms with E-state index in [1.54, 1.807) is 24.3 Å². The molecule has 0 fully saturated rings. The van der Waals surface area contributed by atoms with Crippen LogP contribution in [0.3, 0.4) is 0 Å². The van der Waals surface area contributed by atoms with Crippen molar-refractivity contribution in [2.45, 2.75) is 6.04 Å². The number of ether oxygens (including phenoxy) is 1. The Morgan fingerprint density at radius 2 is 1.82 bits per heavy atom. The number of nitrogens with zero attached hydrogens (tertiary/aromatic N) is 2. The predicted octanol–water partition coefficient (Wildman–Crippen LogP) is 1.67. The van der Waals surface area contributed by atoms with E-state index >= 15 is 0 Å². The monoisotopic (exact) mass is 233 g/mol. The SMILES string of the molecule is COc1ccc(C(N)c2ccc(F)cc2)nn1. The summed E-state index contributed by atoms with van der Waals surface area (Å²) in [4.78, 5) is 0. The zero-order valence-corrected chi connectivity index (χ0v) is 9.30. The lowest BCUT2D eigenvalue weighted by Crippen LogP contribution is -2.14. The molecule has 0 aliphatic rings. The van der Waals surface area contributed by atoms with Gasteiger partial charge in [-0.3, -0.25) is 0 Å². The van der Waals surface area contributed by atoms with Crippen LogP contribution in [0.1, 0.15) is 17.3 Å². The van der Waals surface area contributed by atoms with Gasteiger partial charge in [-0.1, -0.05) is 12.1 Å². The fraction of sp³-hybridized carbons (Fsp3) is 0.167. The molecular weight excluding hydrogens is 221 g/mol. The lowest BCUT2D eigenvalue weighted by Gasteiger charge is -2.10. The molecule has 5 heteroatoms. The zero-order valence-electron chi connectivity index (χ0n) is 9.30. The third-order valence-corrected chi connectivity index (χ3v) is 2.42. The van der Waals surface area contributed by atoms with Crippen LogP contribution in [0.5, 0.6) is 5.88 Å². The Labute approximate surface area is 98.2 Å². The Morgan fingerprint density at radius 1 is 1.12 bits per heavy atom. The molecule has 17 heavy (non-hydrogen) atoms. The van der Waals surface area contributed by atoms with Crippen molar-refractivity contribution in [3.8, 4) is 5.88 Å². The largest absolute Gasteiger partial charge is 0.480 e.